The second-order valence-electron chi connectivity index (χ2n) is 4.68. The lowest BCUT2D eigenvalue weighted by molar-refractivity contribution is -0.146. The molecular formula is C13H26N2O4. The van der Waals surface area contributed by atoms with E-state index < -0.39 is 12.1 Å². The fraction of sp³-hybridized carbons (Fsp3) is 0.846. The van der Waals surface area contributed by atoms with E-state index in [1.165, 1.54) is 0 Å². The van der Waals surface area contributed by atoms with Crippen LogP contribution in [-0.2, 0) is 4.79 Å². The number of hydrogen-bond donors (Lipinski definition) is 3. The second-order valence-corrected chi connectivity index (χ2v) is 4.68. The van der Waals surface area contributed by atoms with Gasteiger partial charge in [0.1, 0.15) is 0 Å². The monoisotopic (exact) mass is 274 g/mol. The molecule has 2 amide bonds. The Hall–Kier alpha value is -1.30. The molecule has 1 unspecified atom stereocenters. The third kappa shape index (κ3) is 7.00. The van der Waals surface area contributed by atoms with Crippen LogP contribution in [-0.4, -0.2) is 52.3 Å². The van der Waals surface area contributed by atoms with E-state index in [1.54, 1.807) is 4.90 Å². The highest BCUT2D eigenvalue weighted by atomic mass is 16.4. The van der Waals surface area contributed by atoms with Gasteiger partial charge in [-0.3, -0.25) is 0 Å². The van der Waals surface area contributed by atoms with E-state index >= 15 is 0 Å². The van der Waals surface area contributed by atoms with E-state index in [9.17, 15) is 9.59 Å². The molecule has 19 heavy (non-hydrogen) atoms. The Labute approximate surface area is 114 Å². The maximum absolute atomic E-state index is 12.0. The number of carboxylic acids is 1. The summed E-state index contributed by atoms with van der Waals surface area (Å²) in [6.45, 7) is 6.92. The Morgan fingerprint density at radius 2 is 1.95 bits per heavy atom. The summed E-state index contributed by atoms with van der Waals surface area (Å²) < 4.78 is 0. The SMILES string of the molecule is CCCCN(C(=O)NCC[C@H](O)C(=O)O)C(C)CC. The van der Waals surface area contributed by atoms with Gasteiger partial charge in [-0.15, -0.1) is 0 Å². The molecule has 6 nitrogen and oxygen atoms in total. The van der Waals surface area contributed by atoms with Crippen molar-refractivity contribution in [2.45, 2.75) is 58.6 Å². The average molecular weight is 274 g/mol. The van der Waals surface area contributed by atoms with Crippen LogP contribution < -0.4 is 5.32 Å². The van der Waals surface area contributed by atoms with Crippen molar-refractivity contribution in [3.8, 4) is 0 Å². The first-order valence-corrected chi connectivity index (χ1v) is 6.89. The molecule has 0 aliphatic heterocycles. The molecule has 2 atom stereocenters. The summed E-state index contributed by atoms with van der Waals surface area (Å²) >= 11 is 0. The molecule has 6 heteroatoms. The number of aliphatic carboxylic acids is 1. The summed E-state index contributed by atoms with van der Waals surface area (Å²) in [7, 11) is 0. The average Bonchev–Trinajstić information content (AvgIpc) is 2.38. The summed E-state index contributed by atoms with van der Waals surface area (Å²) in [4.78, 5) is 24.2. The number of carbonyl (C=O) groups excluding carboxylic acids is 1. The quantitative estimate of drug-likeness (QED) is 0.593. The molecule has 0 rings (SSSR count). The van der Waals surface area contributed by atoms with Crippen LogP contribution in [0.1, 0.15) is 46.5 Å². The Bertz CT molecular complexity index is 284. The van der Waals surface area contributed by atoms with Gasteiger partial charge in [0.25, 0.3) is 0 Å². The molecule has 0 aromatic rings. The number of nitrogens with zero attached hydrogens (tertiary/aromatic N) is 1. The highest BCUT2D eigenvalue weighted by molar-refractivity contribution is 5.75. The Morgan fingerprint density at radius 3 is 2.42 bits per heavy atom. The summed E-state index contributed by atoms with van der Waals surface area (Å²) in [6.07, 6.45) is 1.42. The van der Waals surface area contributed by atoms with Gasteiger partial charge in [0.05, 0.1) is 0 Å². The standard InChI is InChI=1S/C13H26N2O4/c1-4-6-9-15(10(3)5-2)13(19)14-8-7-11(16)12(17)18/h10-11,16H,4-9H2,1-3H3,(H,14,19)(H,17,18)/t10?,11-/m0/s1. The van der Waals surface area contributed by atoms with E-state index in [4.69, 9.17) is 10.2 Å². The van der Waals surface area contributed by atoms with E-state index in [1.807, 2.05) is 13.8 Å². The third-order valence-electron chi connectivity index (χ3n) is 3.12. The highest BCUT2D eigenvalue weighted by Gasteiger charge is 2.19. The molecule has 0 saturated carbocycles. The number of amides is 2. The van der Waals surface area contributed by atoms with Crippen LogP contribution in [0.15, 0.2) is 0 Å². The van der Waals surface area contributed by atoms with Gasteiger partial charge in [-0.1, -0.05) is 20.3 Å². The van der Waals surface area contributed by atoms with Gasteiger partial charge in [-0.05, 0) is 19.8 Å². The van der Waals surface area contributed by atoms with Crippen LogP contribution in [0.5, 0.6) is 0 Å². The van der Waals surface area contributed by atoms with E-state index in [2.05, 4.69) is 12.2 Å². The third-order valence-corrected chi connectivity index (χ3v) is 3.12. The van der Waals surface area contributed by atoms with Crippen LogP contribution in [0.25, 0.3) is 0 Å². The van der Waals surface area contributed by atoms with Gasteiger partial charge < -0.3 is 20.4 Å². The minimum absolute atomic E-state index is 0.0171. The molecule has 0 aromatic carbocycles. The van der Waals surface area contributed by atoms with Gasteiger partial charge >= 0.3 is 12.0 Å². The summed E-state index contributed by atoms with van der Waals surface area (Å²) in [5, 5.41) is 20.3. The van der Waals surface area contributed by atoms with Gasteiger partial charge in [-0.2, -0.15) is 0 Å². The molecular weight excluding hydrogens is 248 g/mol. The van der Waals surface area contributed by atoms with Crippen LogP contribution >= 0.6 is 0 Å². The molecule has 0 aliphatic rings. The smallest absolute Gasteiger partial charge is 0.332 e. The van der Waals surface area contributed by atoms with Crippen molar-refractivity contribution in [2.24, 2.45) is 0 Å². The summed E-state index contributed by atoms with van der Waals surface area (Å²) in [5.41, 5.74) is 0. The van der Waals surface area contributed by atoms with Crippen molar-refractivity contribution >= 4 is 12.0 Å². The fourth-order valence-electron chi connectivity index (χ4n) is 1.61. The number of urea groups is 1. The summed E-state index contributed by atoms with van der Waals surface area (Å²) in [6, 6.07) is -0.0451. The fourth-order valence-corrected chi connectivity index (χ4v) is 1.61. The molecule has 0 radical (unpaired) electrons. The van der Waals surface area contributed by atoms with Gasteiger partial charge in [0.2, 0.25) is 0 Å². The molecule has 0 heterocycles. The number of rotatable bonds is 9. The first-order chi connectivity index (χ1) is 8.93. The lowest BCUT2D eigenvalue weighted by Crippen LogP contribution is -2.46. The van der Waals surface area contributed by atoms with Crippen LogP contribution in [0.3, 0.4) is 0 Å². The van der Waals surface area contributed by atoms with E-state index in [0.29, 0.717) is 6.54 Å². The van der Waals surface area contributed by atoms with E-state index in [-0.39, 0.29) is 25.0 Å². The van der Waals surface area contributed by atoms with Crippen molar-refractivity contribution in [1.82, 2.24) is 10.2 Å². The topological polar surface area (TPSA) is 89.9 Å². The van der Waals surface area contributed by atoms with Gasteiger partial charge in [-0.25, -0.2) is 9.59 Å². The van der Waals surface area contributed by atoms with Crippen molar-refractivity contribution < 1.29 is 19.8 Å². The van der Waals surface area contributed by atoms with Crippen molar-refractivity contribution in [2.75, 3.05) is 13.1 Å². The zero-order valence-corrected chi connectivity index (χ0v) is 12.1. The molecule has 0 saturated heterocycles. The van der Waals surface area contributed by atoms with E-state index in [0.717, 1.165) is 19.3 Å². The number of unbranched alkanes of at least 4 members (excludes halogenated alkanes) is 1. The molecule has 0 bridgehead atoms. The minimum Gasteiger partial charge on any atom is -0.479 e. The van der Waals surface area contributed by atoms with Gasteiger partial charge in [0, 0.05) is 25.6 Å². The normalized spacial score (nSPS) is 13.7. The van der Waals surface area contributed by atoms with Gasteiger partial charge in [0.15, 0.2) is 6.10 Å². The molecule has 112 valence electrons. The number of aliphatic hydroxyl groups excluding tert-OH is 1. The first-order valence-electron chi connectivity index (χ1n) is 6.89. The molecule has 0 spiro atoms. The van der Waals surface area contributed by atoms with Crippen molar-refractivity contribution in [3.05, 3.63) is 0 Å². The molecule has 0 fully saturated rings. The van der Waals surface area contributed by atoms with Crippen molar-refractivity contribution in [3.63, 3.8) is 0 Å². The van der Waals surface area contributed by atoms with Crippen LogP contribution in [0.4, 0.5) is 4.79 Å². The highest BCUT2D eigenvalue weighted by Crippen LogP contribution is 2.06. The summed E-state index contributed by atoms with van der Waals surface area (Å²) in [5.74, 6) is -1.26. The molecule has 0 aromatic heterocycles. The lowest BCUT2D eigenvalue weighted by Gasteiger charge is -2.28. The maximum atomic E-state index is 12.0. The second kappa shape index (κ2) is 9.61. The number of carbonyl (C=O) groups is 2. The first kappa shape index (κ1) is 17.7. The number of aliphatic hydroxyl groups is 1. The molecule has 0 aliphatic carbocycles. The largest absolute Gasteiger partial charge is 0.479 e. The van der Waals surface area contributed by atoms with Crippen LogP contribution in [0.2, 0.25) is 0 Å². The number of nitrogens with one attached hydrogen (secondary N) is 1. The zero-order chi connectivity index (χ0) is 14.8. The molecule has 3 N–H and O–H groups in total. The Balaban J connectivity index is 4.20. The maximum Gasteiger partial charge on any atom is 0.332 e. The Kier molecular flexibility index (Phi) is 8.95. The Morgan fingerprint density at radius 1 is 1.32 bits per heavy atom. The lowest BCUT2D eigenvalue weighted by atomic mass is 10.2. The van der Waals surface area contributed by atoms with Crippen molar-refractivity contribution in [1.29, 1.82) is 0 Å². The number of hydrogen-bond acceptors (Lipinski definition) is 3. The minimum atomic E-state index is -1.42. The van der Waals surface area contributed by atoms with Crippen LogP contribution in [0, 0.1) is 0 Å². The predicted molar refractivity (Wildman–Crippen MR) is 73.0 cm³/mol. The number of carboxylic acid groups (broad SMARTS) is 1. The zero-order valence-electron chi connectivity index (χ0n) is 12.1. The predicted octanol–water partition coefficient (Wildman–Crippen LogP) is 1.43.